The van der Waals surface area contributed by atoms with Gasteiger partial charge < -0.3 is 14.3 Å². The molecule has 0 aliphatic rings. The number of ether oxygens (including phenoxy) is 1. The molecule has 6 nitrogen and oxygen atoms in total. The molecule has 0 aliphatic carbocycles. The van der Waals surface area contributed by atoms with Gasteiger partial charge in [0.25, 0.3) is 0 Å². The third kappa shape index (κ3) is 5.53. The third-order valence-electron chi connectivity index (χ3n) is 4.42. The minimum absolute atomic E-state index is 0.0409. The number of aliphatic hydroxyl groups is 1. The molecule has 0 bridgehead atoms. The van der Waals surface area contributed by atoms with Gasteiger partial charge in [-0.1, -0.05) is 38.0 Å². The van der Waals surface area contributed by atoms with E-state index in [0.717, 1.165) is 5.56 Å². The van der Waals surface area contributed by atoms with Crippen LogP contribution in [0.4, 0.5) is 0 Å². The summed E-state index contributed by atoms with van der Waals surface area (Å²) in [5.74, 6) is 0.623. The summed E-state index contributed by atoms with van der Waals surface area (Å²) in [5.41, 5.74) is 9.90. The lowest BCUT2D eigenvalue weighted by atomic mass is 10.2. The highest BCUT2D eigenvalue weighted by Crippen LogP contribution is 2.38. The number of nitrogens with zero attached hydrogens (tertiary/aromatic N) is 3. The van der Waals surface area contributed by atoms with Crippen LogP contribution in [0.2, 0.25) is 18.1 Å². The van der Waals surface area contributed by atoms with Gasteiger partial charge in [-0.2, -0.15) is 0 Å². The zero-order valence-corrected chi connectivity index (χ0v) is 16.6. The molecule has 3 atom stereocenters. The first-order chi connectivity index (χ1) is 11.0. The summed E-state index contributed by atoms with van der Waals surface area (Å²) in [5, 5.41) is 13.7. The Hall–Kier alpha value is -1.53. The van der Waals surface area contributed by atoms with Crippen molar-refractivity contribution in [2.75, 3.05) is 0 Å². The highest BCUT2D eigenvalue weighted by Gasteiger charge is 2.42. The fourth-order valence-corrected chi connectivity index (χ4v) is 3.01. The van der Waals surface area contributed by atoms with Crippen LogP contribution in [0, 0.1) is 6.92 Å². The van der Waals surface area contributed by atoms with Crippen molar-refractivity contribution in [1.29, 1.82) is 0 Å². The third-order valence-corrected chi connectivity index (χ3v) is 8.85. The quantitative estimate of drug-likeness (QED) is 0.252. The van der Waals surface area contributed by atoms with E-state index >= 15 is 0 Å². The second kappa shape index (κ2) is 8.03. The Labute approximate surface area is 145 Å². The number of aryl methyl sites for hydroxylation is 1. The summed E-state index contributed by atoms with van der Waals surface area (Å²) in [7, 11) is -2.19. The van der Waals surface area contributed by atoms with Crippen molar-refractivity contribution in [3.63, 3.8) is 0 Å². The van der Waals surface area contributed by atoms with E-state index in [9.17, 15) is 5.11 Å². The van der Waals surface area contributed by atoms with Gasteiger partial charge in [-0.05, 0) is 55.2 Å². The van der Waals surface area contributed by atoms with Gasteiger partial charge in [-0.3, -0.25) is 0 Å². The molecule has 1 aromatic rings. The van der Waals surface area contributed by atoms with E-state index in [-0.39, 0.29) is 5.04 Å². The smallest absolute Gasteiger partial charge is 0.201 e. The summed E-state index contributed by atoms with van der Waals surface area (Å²) >= 11 is 0. The maximum absolute atomic E-state index is 10.0. The predicted octanol–water partition coefficient (Wildman–Crippen LogP) is 4.78. The van der Waals surface area contributed by atoms with Crippen LogP contribution in [0.15, 0.2) is 29.4 Å². The first-order valence-corrected chi connectivity index (χ1v) is 11.0. The molecular formula is C17H29N3O3Si. The van der Waals surface area contributed by atoms with Gasteiger partial charge in [-0.15, -0.1) is 0 Å². The Kier molecular flexibility index (Phi) is 6.86. The maximum Gasteiger partial charge on any atom is 0.201 e. The van der Waals surface area contributed by atoms with E-state index in [1.54, 1.807) is 6.92 Å². The van der Waals surface area contributed by atoms with Crippen molar-refractivity contribution in [2.45, 2.75) is 71.2 Å². The molecule has 1 aromatic carbocycles. The summed E-state index contributed by atoms with van der Waals surface area (Å²) in [6.45, 7) is 14.1. The zero-order valence-electron chi connectivity index (χ0n) is 15.6. The summed E-state index contributed by atoms with van der Waals surface area (Å²) < 4.78 is 12.3. The van der Waals surface area contributed by atoms with Crippen molar-refractivity contribution in [3.05, 3.63) is 40.3 Å². The summed E-state index contributed by atoms with van der Waals surface area (Å²) in [4.78, 5) is 2.85. The van der Waals surface area contributed by atoms with Gasteiger partial charge in [0, 0.05) is 4.91 Å². The van der Waals surface area contributed by atoms with Crippen molar-refractivity contribution in [1.82, 2.24) is 0 Å². The first kappa shape index (κ1) is 20.5. The second-order valence-electron chi connectivity index (χ2n) is 7.62. The molecule has 0 fully saturated rings. The molecule has 1 unspecified atom stereocenters. The van der Waals surface area contributed by atoms with Crippen LogP contribution < -0.4 is 4.74 Å². The van der Waals surface area contributed by atoms with Crippen LogP contribution in [-0.2, 0) is 4.43 Å². The van der Waals surface area contributed by atoms with Crippen molar-refractivity contribution < 1.29 is 14.3 Å². The van der Waals surface area contributed by atoms with Gasteiger partial charge in [0.15, 0.2) is 8.32 Å². The molecule has 1 N–H and O–H groups in total. The summed E-state index contributed by atoms with van der Waals surface area (Å²) in [6, 6.07) is 6.74. The number of rotatable bonds is 7. The number of benzene rings is 1. The van der Waals surface area contributed by atoms with Crippen LogP contribution >= 0.6 is 0 Å². The van der Waals surface area contributed by atoms with Crippen molar-refractivity contribution >= 4 is 8.32 Å². The van der Waals surface area contributed by atoms with E-state index in [1.807, 2.05) is 31.2 Å². The molecular weight excluding hydrogens is 322 g/mol. The molecule has 0 saturated carbocycles. The second-order valence-corrected chi connectivity index (χ2v) is 12.4. The SMILES string of the molecule is Cc1cccc(OC(O[Si](C)(C)C(C)(C)C)[C@@H](N=[N+]=[N-])[C@H](C)O)c1. The molecule has 0 saturated heterocycles. The standard InChI is InChI=1S/C17H29N3O3Si/c1-12-9-8-10-14(11-12)22-16(15(13(2)21)19-20-18)23-24(6,7)17(3,4)5/h8-11,13,15-16,21H,1-7H3/t13-,15-,16?/m0/s1. The Morgan fingerprint density at radius 1 is 1.29 bits per heavy atom. The fourth-order valence-electron chi connectivity index (χ4n) is 1.89. The maximum atomic E-state index is 10.0. The molecule has 0 radical (unpaired) electrons. The molecule has 0 amide bonds. The Balaban J connectivity index is 3.18. The lowest BCUT2D eigenvalue weighted by Gasteiger charge is -2.40. The molecule has 7 heteroatoms. The lowest BCUT2D eigenvalue weighted by Crippen LogP contribution is -2.51. The molecule has 24 heavy (non-hydrogen) atoms. The van der Waals surface area contributed by atoms with Crippen LogP contribution in [0.5, 0.6) is 5.75 Å². The van der Waals surface area contributed by atoms with Crippen LogP contribution in [-0.4, -0.2) is 31.9 Å². The molecule has 1 rings (SSSR count). The fraction of sp³-hybridized carbons (Fsp3) is 0.647. The number of hydrogen-bond donors (Lipinski definition) is 1. The normalized spacial score (nSPS) is 16.0. The van der Waals surface area contributed by atoms with E-state index < -0.39 is 26.8 Å². The van der Waals surface area contributed by atoms with Crippen LogP contribution in [0.3, 0.4) is 0 Å². The highest BCUT2D eigenvalue weighted by atomic mass is 28.4. The lowest BCUT2D eigenvalue weighted by molar-refractivity contribution is -0.0535. The molecule has 0 spiro atoms. The Bertz CT molecular complexity index is 593. The largest absolute Gasteiger partial charge is 0.465 e. The Morgan fingerprint density at radius 2 is 1.92 bits per heavy atom. The van der Waals surface area contributed by atoms with Crippen LogP contribution in [0.1, 0.15) is 33.3 Å². The Morgan fingerprint density at radius 3 is 2.38 bits per heavy atom. The summed E-state index contributed by atoms with van der Waals surface area (Å²) in [6.07, 6.45) is -1.73. The van der Waals surface area contributed by atoms with Gasteiger partial charge in [-0.25, -0.2) is 0 Å². The van der Waals surface area contributed by atoms with Crippen LogP contribution in [0.25, 0.3) is 10.4 Å². The number of hydrogen-bond acceptors (Lipinski definition) is 4. The minimum Gasteiger partial charge on any atom is -0.465 e. The molecule has 0 aliphatic heterocycles. The zero-order chi connectivity index (χ0) is 18.5. The predicted molar refractivity (Wildman–Crippen MR) is 98.5 cm³/mol. The van der Waals surface area contributed by atoms with Gasteiger partial charge in [0.1, 0.15) is 11.8 Å². The monoisotopic (exact) mass is 351 g/mol. The van der Waals surface area contributed by atoms with E-state index in [4.69, 9.17) is 14.7 Å². The van der Waals surface area contributed by atoms with Crippen molar-refractivity contribution in [2.24, 2.45) is 5.11 Å². The van der Waals surface area contributed by atoms with Crippen molar-refractivity contribution in [3.8, 4) is 5.75 Å². The average Bonchev–Trinajstić information content (AvgIpc) is 2.42. The number of aliphatic hydroxyl groups excluding tert-OH is 1. The molecule has 0 heterocycles. The van der Waals surface area contributed by atoms with Gasteiger partial charge >= 0.3 is 0 Å². The highest BCUT2D eigenvalue weighted by molar-refractivity contribution is 6.74. The van der Waals surface area contributed by atoms with E-state index in [0.29, 0.717) is 5.75 Å². The van der Waals surface area contributed by atoms with E-state index in [2.05, 4.69) is 43.9 Å². The molecule has 0 aromatic heterocycles. The van der Waals surface area contributed by atoms with Gasteiger partial charge in [0.05, 0.1) is 6.10 Å². The average molecular weight is 352 g/mol. The molecule has 134 valence electrons. The van der Waals surface area contributed by atoms with E-state index in [1.165, 1.54) is 0 Å². The minimum atomic E-state index is -2.19. The van der Waals surface area contributed by atoms with Gasteiger partial charge in [0.2, 0.25) is 6.29 Å². The first-order valence-electron chi connectivity index (χ1n) is 8.11. The number of azide groups is 1. The topological polar surface area (TPSA) is 87.5 Å².